The molecule has 2 unspecified atom stereocenters. The molecule has 0 fully saturated rings. The van der Waals surface area contributed by atoms with E-state index in [4.69, 9.17) is 0 Å². The normalized spacial score (nSPS) is 19.4. The second-order valence-electron chi connectivity index (χ2n) is 22.1. The van der Waals surface area contributed by atoms with E-state index in [0.717, 1.165) is 19.3 Å². The van der Waals surface area contributed by atoms with Crippen molar-refractivity contribution in [1.29, 1.82) is 0 Å². The molecule has 1 nitrogen and oxygen atoms in total. The van der Waals surface area contributed by atoms with Gasteiger partial charge in [-0.25, -0.2) is 0 Å². The van der Waals surface area contributed by atoms with E-state index >= 15 is 0 Å². The van der Waals surface area contributed by atoms with Gasteiger partial charge in [0.15, 0.2) is 0 Å². The predicted molar refractivity (Wildman–Crippen MR) is 285 cm³/mol. The Hall–Kier alpha value is -6.70. The number of nitrogens with zero attached hydrogens (tertiary/aromatic N) is 1. The zero-order valence-corrected chi connectivity index (χ0v) is 40.6. The number of hydrogen-bond donors (Lipinski definition) is 0. The number of anilines is 2. The fourth-order valence-electron chi connectivity index (χ4n) is 12.0. The Morgan fingerprint density at radius 1 is 0.567 bits per heavy atom. The average molecular weight is 870 g/mol. The molecule has 0 bridgehead atoms. The predicted octanol–water partition coefficient (Wildman–Crippen LogP) is 17.6. The number of rotatable bonds is 7. The van der Waals surface area contributed by atoms with Gasteiger partial charge in [-0.3, -0.25) is 0 Å². The van der Waals surface area contributed by atoms with Crippen LogP contribution < -0.4 is 4.90 Å². The van der Waals surface area contributed by atoms with E-state index in [2.05, 4.69) is 254 Å². The van der Waals surface area contributed by atoms with E-state index in [0.29, 0.717) is 5.92 Å². The molecule has 0 aromatic heterocycles. The molecule has 11 rings (SSSR count). The zero-order valence-electron chi connectivity index (χ0n) is 40.6. The molecule has 0 saturated heterocycles. The van der Waals surface area contributed by atoms with Crippen LogP contribution in [0.2, 0.25) is 0 Å². The molecular weight excluding hydrogens is 807 g/mol. The summed E-state index contributed by atoms with van der Waals surface area (Å²) in [7, 11) is 0. The van der Waals surface area contributed by atoms with Crippen molar-refractivity contribution in [3.05, 3.63) is 250 Å². The van der Waals surface area contributed by atoms with E-state index in [1.54, 1.807) is 0 Å². The van der Waals surface area contributed by atoms with Crippen LogP contribution in [-0.4, -0.2) is 0 Å². The van der Waals surface area contributed by atoms with Gasteiger partial charge < -0.3 is 4.90 Å². The van der Waals surface area contributed by atoms with Crippen LogP contribution in [0.4, 0.5) is 11.4 Å². The summed E-state index contributed by atoms with van der Waals surface area (Å²) in [6.07, 6.45) is 10.5. The summed E-state index contributed by atoms with van der Waals surface area (Å²) in [6.45, 7) is 19.3. The third-order valence-electron chi connectivity index (χ3n) is 15.6. The smallest absolute Gasteiger partial charge is 0.0677 e. The van der Waals surface area contributed by atoms with Crippen molar-refractivity contribution in [3.8, 4) is 22.3 Å². The van der Waals surface area contributed by atoms with Gasteiger partial charge in [0.25, 0.3) is 0 Å². The van der Waals surface area contributed by atoms with E-state index in [1.165, 1.54) is 101 Å². The molecule has 0 amide bonds. The topological polar surface area (TPSA) is 3.24 Å². The molecule has 0 N–H and O–H groups in total. The van der Waals surface area contributed by atoms with Crippen molar-refractivity contribution in [1.82, 2.24) is 0 Å². The lowest BCUT2D eigenvalue weighted by molar-refractivity contribution is 0.285. The molecule has 7 aromatic carbocycles. The highest BCUT2D eigenvalue weighted by atomic mass is 15.2. The van der Waals surface area contributed by atoms with Crippen LogP contribution in [0.3, 0.4) is 0 Å². The van der Waals surface area contributed by atoms with Gasteiger partial charge in [-0.2, -0.15) is 0 Å². The quantitative estimate of drug-likeness (QED) is 0.154. The fraction of sp³-hybridized carbons (Fsp3) is 0.242. The minimum Gasteiger partial charge on any atom is -0.313 e. The van der Waals surface area contributed by atoms with E-state index in [-0.39, 0.29) is 16.2 Å². The highest BCUT2D eigenvalue weighted by Gasteiger charge is 2.52. The van der Waals surface area contributed by atoms with Crippen LogP contribution in [0.1, 0.15) is 114 Å². The summed E-state index contributed by atoms with van der Waals surface area (Å²) in [4.78, 5) is 2.72. The van der Waals surface area contributed by atoms with E-state index in [1.807, 2.05) is 0 Å². The Bertz CT molecular complexity index is 3160. The van der Waals surface area contributed by atoms with Crippen LogP contribution >= 0.6 is 0 Å². The van der Waals surface area contributed by atoms with Gasteiger partial charge in [-0.1, -0.05) is 225 Å². The van der Waals surface area contributed by atoms with Crippen LogP contribution in [0, 0.1) is 11.3 Å². The molecule has 332 valence electrons. The Morgan fingerprint density at radius 3 is 1.84 bits per heavy atom. The molecule has 0 radical (unpaired) electrons. The molecular formula is C66H63N. The highest BCUT2D eigenvalue weighted by Crippen LogP contribution is 2.63. The minimum absolute atomic E-state index is 0.0735. The van der Waals surface area contributed by atoms with E-state index < -0.39 is 5.41 Å². The standard InChI is InChI=1S/C66H63N/c1-63(2,3)49-36-39-54-57(41-49)66(48-27-16-11-17-28-48,50-29-20-26-47(40-50)45-24-14-10-15-25-45)58-42-51(64(4,5)6)43-60(62(54)58)67(52-37-34-46(35-38-52)44-22-12-9-13-23-44)59-33-21-32-56-61(59)53-30-18-19-31-55(53)65(56,7)8/h9-20,22-32,34-40,42-43,49H,21,33,41H2,1-8H3. The van der Waals surface area contributed by atoms with Crippen molar-refractivity contribution in [3.63, 3.8) is 0 Å². The summed E-state index contributed by atoms with van der Waals surface area (Å²) in [5.41, 5.74) is 23.3. The molecule has 1 heteroatoms. The van der Waals surface area contributed by atoms with Gasteiger partial charge >= 0.3 is 0 Å². The van der Waals surface area contributed by atoms with Crippen LogP contribution in [-0.2, 0) is 16.2 Å². The average Bonchev–Trinajstić information content (AvgIpc) is 3.78. The minimum atomic E-state index is -0.554. The monoisotopic (exact) mass is 869 g/mol. The zero-order chi connectivity index (χ0) is 46.3. The maximum atomic E-state index is 2.72. The SMILES string of the molecule is CC(C)(C)c1cc(N(C2=C3C(=CCC2)C(C)(C)c2ccccc23)c2ccc(-c3ccccc3)cc2)c2c(c1)C(c1ccccc1)(c1cccc(-c3ccccc3)c1)C1=C2C=CC(C(C)(C)C)C1. The Balaban J connectivity index is 1.27. The molecule has 4 aliphatic rings. The summed E-state index contributed by atoms with van der Waals surface area (Å²) >= 11 is 0. The molecule has 7 aromatic rings. The van der Waals surface area contributed by atoms with E-state index in [9.17, 15) is 0 Å². The fourth-order valence-corrected chi connectivity index (χ4v) is 12.0. The maximum Gasteiger partial charge on any atom is 0.0677 e. The second kappa shape index (κ2) is 16.0. The first-order valence-electron chi connectivity index (χ1n) is 24.6. The lowest BCUT2D eigenvalue weighted by Gasteiger charge is -2.41. The Morgan fingerprint density at radius 2 is 1.16 bits per heavy atom. The molecule has 0 aliphatic heterocycles. The maximum absolute atomic E-state index is 2.72. The van der Waals surface area contributed by atoms with Gasteiger partial charge in [-0.05, 0) is 133 Å². The van der Waals surface area contributed by atoms with Crippen molar-refractivity contribution >= 4 is 22.5 Å². The molecule has 67 heavy (non-hydrogen) atoms. The van der Waals surface area contributed by atoms with Gasteiger partial charge in [-0.15, -0.1) is 0 Å². The van der Waals surface area contributed by atoms with Crippen molar-refractivity contribution in [2.24, 2.45) is 11.3 Å². The van der Waals surface area contributed by atoms with Gasteiger partial charge in [0.05, 0.1) is 11.1 Å². The first kappa shape index (κ1) is 42.9. The summed E-state index contributed by atoms with van der Waals surface area (Å²) in [6, 6.07) is 66.7. The number of benzene rings is 7. The summed E-state index contributed by atoms with van der Waals surface area (Å²) < 4.78 is 0. The lowest BCUT2D eigenvalue weighted by atomic mass is 9.62. The molecule has 0 spiro atoms. The third kappa shape index (κ3) is 6.96. The summed E-state index contributed by atoms with van der Waals surface area (Å²) in [5.74, 6) is 0.362. The highest BCUT2D eigenvalue weighted by molar-refractivity contribution is 6.01. The largest absolute Gasteiger partial charge is 0.313 e. The van der Waals surface area contributed by atoms with Gasteiger partial charge in [0, 0.05) is 27.9 Å². The van der Waals surface area contributed by atoms with Crippen molar-refractivity contribution in [2.75, 3.05) is 4.90 Å². The number of allylic oxidation sites excluding steroid dienone is 8. The number of hydrogen-bond acceptors (Lipinski definition) is 1. The summed E-state index contributed by atoms with van der Waals surface area (Å²) in [5, 5.41) is 0. The third-order valence-corrected chi connectivity index (χ3v) is 15.6. The second-order valence-corrected chi connectivity index (χ2v) is 22.1. The van der Waals surface area contributed by atoms with Crippen LogP contribution in [0.15, 0.2) is 211 Å². The molecule has 4 aliphatic carbocycles. The lowest BCUT2D eigenvalue weighted by Crippen LogP contribution is -2.33. The van der Waals surface area contributed by atoms with Gasteiger partial charge in [0.2, 0.25) is 0 Å². The first-order valence-corrected chi connectivity index (χ1v) is 24.6. The van der Waals surface area contributed by atoms with Crippen LogP contribution in [0.25, 0.3) is 33.4 Å². The Labute approximate surface area is 400 Å². The Kier molecular flexibility index (Phi) is 10.2. The van der Waals surface area contributed by atoms with Crippen LogP contribution in [0.5, 0.6) is 0 Å². The van der Waals surface area contributed by atoms with Crippen molar-refractivity contribution in [2.45, 2.75) is 90.9 Å². The molecule has 0 heterocycles. The molecule has 2 atom stereocenters. The van der Waals surface area contributed by atoms with Crippen molar-refractivity contribution < 1.29 is 0 Å². The van der Waals surface area contributed by atoms with Gasteiger partial charge in [0.1, 0.15) is 0 Å². The number of fused-ring (bicyclic) bond motifs is 5. The molecule has 0 saturated carbocycles. The first-order chi connectivity index (χ1) is 32.3.